The fourth-order valence-corrected chi connectivity index (χ4v) is 3.10. The molecule has 4 heteroatoms. The Morgan fingerprint density at radius 1 is 1.18 bits per heavy atom. The standard InChI is InChI=1S/C13H16ClF2N/c14-11-9(4-5-10(15)12(11)16)13(8-17)6-2-1-3-7-13/h4-5H,1-3,6-8,17H2. The van der Waals surface area contributed by atoms with Crippen molar-refractivity contribution in [3.05, 3.63) is 34.4 Å². The van der Waals surface area contributed by atoms with Gasteiger partial charge in [-0.2, -0.15) is 0 Å². The molecule has 1 aliphatic carbocycles. The molecule has 0 saturated heterocycles. The van der Waals surface area contributed by atoms with Crippen molar-refractivity contribution in [2.75, 3.05) is 6.54 Å². The molecule has 1 aliphatic rings. The predicted octanol–water partition coefficient (Wildman–Crippen LogP) is 3.78. The van der Waals surface area contributed by atoms with Crippen molar-refractivity contribution in [2.45, 2.75) is 37.5 Å². The number of nitrogens with two attached hydrogens (primary N) is 1. The van der Waals surface area contributed by atoms with Crippen molar-refractivity contribution in [3.8, 4) is 0 Å². The average Bonchev–Trinajstić information content (AvgIpc) is 2.37. The molecule has 0 amide bonds. The topological polar surface area (TPSA) is 26.0 Å². The van der Waals surface area contributed by atoms with Gasteiger partial charge in [0.15, 0.2) is 11.6 Å². The molecule has 0 aliphatic heterocycles. The van der Waals surface area contributed by atoms with Gasteiger partial charge in [-0.3, -0.25) is 0 Å². The van der Waals surface area contributed by atoms with Gasteiger partial charge < -0.3 is 5.73 Å². The lowest BCUT2D eigenvalue weighted by Crippen LogP contribution is -2.37. The second-order valence-corrected chi connectivity index (χ2v) is 5.15. The molecule has 1 nitrogen and oxygen atoms in total. The Morgan fingerprint density at radius 3 is 2.41 bits per heavy atom. The average molecular weight is 260 g/mol. The summed E-state index contributed by atoms with van der Waals surface area (Å²) in [7, 11) is 0. The molecular formula is C13H16ClF2N. The maximum atomic E-state index is 13.5. The van der Waals surface area contributed by atoms with E-state index in [1.165, 1.54) is 6.42 Å². The summed E-state index contributed by atoms with van der Waals surface area (Å²) in [4.78, 5) is 0. The Kier molecular flexibility index (Phi) is 3.69. The van der Waals surface area contributed by atoms with Crippen LogP contribution in [0.15, 0.2) is 12.1 Å². The molecule has 0 heterocycles. The smallest absolute Gasteiger partial charge is 0.177 e. The van der Waals surface area contributed by atoms with Gasteiger partial charge in [0.1, 0.15) is 0 Å². The lowest BCUT2D eigenvalue weighted by atomic mass is 9.69. The predicted molar refractivity (Wildman–Crippen MR) is 65.2 cm³/mol. The molecule has 0 bridgehead atoms. The molecule has 1 saturated carbocycles. The van der Waals surface area contributed by atoms with Crippen molar-refractivity contribution in [1.82, 2.24) is 0 Å². The highest BCUT2D eigenvalue weighted by Gasteiger charge is 2.35. The molecule has 17 heavy (non-hydrogen) atoms. The Balaban J connectivity index is 2.47. The molecule has 1 aromatic rings. The van der Waals surface area contributed by atoms with E-state index in [0.717, 1.165) is 31.7 Å². The zero-order valence-corrected chi connectivity index (χ0v) is 10.4. The van der Waals surface area contributed by atoms with Crippen LogP contribution in [0, 0.1) is 11.6 Å². The molecule has 0 radical (unpaired) electrons. The maximum absolute atomic E-state index is 13.5. The molecule has 1 aromatic carbocycles. The summed E-state index contributed by atoms with van der Waals surface area (Å²) in [6, 6.07) is 2.72. The number of hydrogen-bond acceptors (Lipinski definition) is 1. The summed E-state index contributed by atoms with van der Waals surface area (Å²) in [5.74, 6) is -1.86. The largest absolute Gasteiger partial charge is 0.330 e. The first-order valence-corrected chi connectivity index (χ1v) is 6.32. The van der Waals surface area contributed by atoms with Gasteiger partial charge in [-0.1, -0.05) is 36.9 Å². The van der Waals surface area contributed by atoms with Crippen LogP contribution < -0.4 is 5.73 Å². The van der Waals surface area contributed by atoms with Crippen molar-refractivity contribution < 1.29 is 8.78 Å². The zero-order valence-electron chi connectivity index (χ0n) is 9.61. The maximum Gasteiger partial charge on any atom is 0.177 e. The molecule has 1 fully saturated rings. The van der Waals surface area contributed by atoms with Gasteiger partial charge in [-0.15, -0.1) is 0 Å². The quantitative estimate of drug-likeness (QED) is 0.804. The molecule has 0 spiro atoms. The molecule has 0 atom stereocenters. The minimum Gasteiger partial charge on any atom is -0.330 e. The molecule has 94 valence electrons. The van der Waals surface area contributed by atoms with Crippen molar-refractivity contribution in [3.63, 3.8) is 0 Å². The Morgan fingerprint density at radius 2 is 1.82 bits per heavy atom. The van der Waals surface area contributed by atoms with Crippen LogP contribution in [0.25, 0.3) is 0 Å². The fourth-order valence-electron chi connectivity index (χ4n) is 2.75. The van der Waals surface area contributed by atoms with Crippen molar-refractivity contribution in [2.24, 2.45) is 5.73 Å². The molecule has 2 rings (SSSR count). The monoisotopic (exact) mass is 259 g/mol. The first-order valence-electron chi connectivity index (χ1n) is 5.95. The van der Waals surface area contributed by atoms with Crippen LogP contribution in [0.2, 0.25) is 5.02 Å². The van der Waals surface area contributed by atoms with Crippen LogP contribution >= 0.6 is 11.6 Å². The van der Waals surface area contributed by atoms with Gasteiger partial charge in [-0.05, 0) is 24.5 Å². The van der Waals surface area contributed by atoms with Gasteiger partial charge in [0.2, 0.25) is 0 Å². The number of hydrogen-bond donors (Lipinski definition) is 1. The first-order chi connectivity index (χ1) is 8.10. The lowest BCUT2D eigenvalue weighted by molar-refractivity contribution is 0.299. The van der Waals surface area contributed by atoms with E-state index in [9.17, 15) is 8.78 Å². The second-order valence-electron chi connectivity index (χ2n) is 4.77. The summed E-state index contributed by atoms with van der Waals surface area (Å²) in [5, 5.41) is -0.0997. The third-order valence-corrected chi connectivity index (χ3v) is 4.18. The number of halogens is 3. The summed E-state index contributed by atoms with van der Waals surface area (Å²) in [5.41, 5.74) is 6.25. The van der Waals surface area contributed by atoms with Gasteiger partial charge in [0.05, 0.1) is 5.02 Å². The van der Waals surface area contributed by atoms with Gasteiger partial charge in [-0.25, -0.2) is 8.78 Å². The fraction of sp³-hybridized carbons (Fsp3) is 0.538. The van der Waals surface area contributed by atoms with Gasteiger partial charge in [0, 0.05) is 12.0 Å². The van der Waals surface area contributed by atoms with Crippen LogP contribution in [0.4, 0.5) is 8.78 Å². The lowest BCUT2D eigenvalue weighted by Gasteiger charge is -2.37. The Hall–Kier alpha value is -0.670. The molecular weight excluding hydrogens is 244 g/mol. The van der Waals surface area contributed by atoms with Crippen LogP contribution in [0.5, 0.6) is 0 Å². The van der Waals surface area contributed by atoms with Crippen LogP contribution in [-0.4, -0.2) is 6.54 Å². The van der Waals surface area contributed by atoms with E-state index in [1.807, 2.05) is 0 Å². The molecule has 0 aromatic heterocycles. The molecule has 2 N–H and O–H groups in total. The first kappa shape index (κ1) is 12.8. The van der Waals surface area contributed by atoms with Crippen molar-refractivity contribution in [1.29, 1.82) is 0 Å². The summed E-state index contributed by atoms with van der Waals surface area (Å²) >= 11 is 5.93. The van der Waals surface area contributed by atoms with E-state index in [4.69, 9.17) is 17.3 Å². The third-order valence-electron chi connectivity index (χ3n) is 3.81. The SMILES string of the molecule is NCC1(c2ccc(F)c(F)c2Cl)CCCCC1. The highest BCUT2D eigenvalue weighted by molar-refractivity contribution is 6.31. The van der Waals surface area contributed by atoms with Crippen LogP contribution in [0.3, 0.4) is 0 Å². The van der Waals surface area contributed by atoms with Crippen molar-refractivity contribution >= 4 is 11.6 Å². The van der Waals surface area contributed by atoms with E-state index < -0.39 is 11.6 Å². The van der Waals surface area contributed by atoms with Crippen LogP contribution in [0.1, 0.15) is 37.7 Å². The van der Waals surface area contributed by atoms with E-state index in [2.05, 4.69) is 0 Å². The van der Waals surface area contributed by atoms with Gasteiger partial charge >= 0.3 is 0 Å². The van der Waals surface area contributed by atoms with Crippen LogP contribution in [-0.2, 0) is 5.41 Å². The van der Waals surface area contributed by atoms with E-state index in [1.54, 1.807) is 6.07 Å². The summed E-state index contributed by atoms with van der Waals surface area (Å²) in [6.45, 7) is 0.428. The van der Waals surface area contributed by atoms with Gasteiger partial charge in [0.25, 0.3) is 0 Å². The zero-order chi connectivity index (χ0) is 12.5. The third kappa shape index (κ3) is 2.18. The Labute approximate surface area is 105 Å². The highest BCUT2D eigenvalue weighted by atomic mass is 35.5. The van der Waals surface area contributed by atoms with E-state index in [0.29, 0.717) is 12.1 Å². The summed E-state index contributed by atoms with van der Waals surface area (Å²) in [6.07, 6.45) is 5.09. The van der Waals surface area contributed by atoms with E-state index in [-0.39, 0.29) is 10.4 Å². The number of benzene rings is 1. The molecule has 0 unspecified atom stereocenters. The highest BCUT2D eigenvalue weighted by Crippen LogP contribution is 2.42. The minimum absolute atomic E-state index is 0.0997. The number of rotatable bonds is 2. The second kappa shape index (κ2) is 4.91. The minimum atomic E-state index is -0.956. The normalized spacial score (nSPS) is 19.3. The summed E-state index contributed by atoms with van der Waals surface area (Å²) < 4.78 is 26.6. The Bertz CT molecular complexity index is 414. The van der Waals surface area contributed by atoms with E-state index >= 15 is 0 Å².